The summed E-state index contributed by atoms with van der Waals surface area (Å²) in [6, 6.07) is 20.5. The maximum atomic E-state index is 12.1. The monoisotopic (exact) mass is 583 g/mol. The Balaban J connectivity index is 1.44. The fourth-order valence-electron chi connectivity index (χ4n) is 6.26. The van der Waals surface area contributed by atoms with Crippen LogP contribution in [0.4, 0.5) is 11.4 Å². The van der Waals surface area contributed by atoms with Crippen molar-refractivity contribution in [3.8, 4) is 17.2 Å². The van der Waals surface area contributed by atoms with E-state index >= 15 is 0 Å². The van der Waals surface area contributed by atoms with Gasteiger partial charge in [-0.3, -0.25) is 15.1 Å². The Bertz CT molecular complexity index is 1620. The SMILES string of the molecule is COc1ccc(-n2c(C)cc([C@H]3[C@H](c4ccccn4)NC(=S)N3c3ccc(OC4CCCC4)cc3)c2C)c([N+](=O)[O-])c1. The molecule has 9 nitrogen and oxygen atoms in total. The number of pyridine rings is 1. The van der Waals surface area contributed by atoms with Gasteiger partial charge in [-0.05, 0) is 112 Å². The van der Waals surface area contributed by atoms with Gasteiger partial charge in [-0.2, -0.15) is 0 Å². The number of rotatable bonds is 8. The van der Waals surface area contributed by atoms with E-state index in [4.69, 9.17) is 21.7 Å². The van der Waals surface area contributed by atoms with E-state index in [9.17, 15) is 10.1 Å². The maximum absolute atomic E-state index is 12.1. The summed E-state index contributed by atoms with van der Waals surface area (Å²) in [6.45, 7) is 3.95. The summed E-state index contributed by atoms with van der Waals surface area (Å²) in [4.78, 5) is 18.5. The Morgan fingerprint density at radius 3 is 2.43 bits per heavy atom. The summed E-state index contributed by atoms with van der Waals surface area (Å²) in [5.41, 5.74) is 4.97. The van der Waals surface area contributed by atoms with Crippen LogP contribution < -0.4 is 19.7 Å². The minimum atomic E-state index is -0.374. The Hall–Kier alpha value is -4.44. The summed E-state index contributed by atoms with van der Waals surface area (Å²) in [6.07, 6.45) is 6.67. The number of nitro groups is 1. The van der Waals surface area contributed by atoms with Gasteiger partial charge in [0.2, 0.25) is 0 Å². The lowest BCUT2D eigenvalue weighted by molar-refractivity contribution is -0.384. The number of nitrogens with one attached hydrogen (secondary N) is 1. The Morgan fingerprint density at radius 2 is 1.76 bits per heavy atom. The van der Waals surface area contributed by atoms with Gasteiger partial charge in [0.15, 0.2) is 5.11 Å². The molecule has 4 aromatic rings. The summed E-state index contributed by atoms with van der Waals surface area (Å²) >= 11 is 5.93. The van der Waals surface area contributed by atoms with Crippen LogP contribution in [-0.4, -0.2) is 32.8 Å². The zero-order valence-electron chi connectivity index (χ0n) is 23.8. The zero-order chi connectivity index (χ0) is 29.4. The topological polar surface area (TPSA) is 94.7 Å². The number of ether oxygens (including phenoxy) is 2. The molecule has 2 aromatic heterocycles. The van der Waals surface area contributed by atoms with Gasteiger partial charge >= 0.3 is 0 Å². The van der Waals surface area contributed by atoms with Gasteiger partial charge in [0.25, 0.3) is 5.69 Å². The molecule has 2 aliphatic rings. The molecule has 0 bridgehead atoms. The number of benzene rings is 2. The average Bonchev–Trinajstić information content (AvgIpc) is 3.71. The molecule has 1 aliphatic carbocycles. The smallest absolute Gasteiger partial charge is 0.296 e. The van der Waals surface area contributed by atoms with E-state index in [2.05, 4.69) is 21.3 Å². The highest BCUT2D eigenvalue weighted by atomic mass is 32.1. The molecule has 1 N–H and O–H groups in total. The Labute approximate surface area is 250 Å². The fourth-order valence-corrected chi connectivity index (χ4v) is 6.60. The molecule has 1 saturated carbocycles. The number of aromatic nitrogens is 2. The van der Waals surface area contributed by atoms with Crippen LogP contribution in [0.15, 0.2) is 72.9 Å². The van der Waals surface area contributed by atoms with E-state index in [1.54, 1.807) is 18.3 Å². The minimum absolute atomic E-state index is 0.0289. The van der Waals surface area contributed by atoms with Crippen molar-refractivity contribution in [1.82, 2.24) is 14.9 Å². The number of nitrogens with zero attached hydrogens (tertiary/aromatic N) is 4. The molecular formula is C32H33N5O4S. The molecule has 1 aliphatic heterocycles. The predicted octanol–water partition coefficient (Wildman–Crippen LogP) is 6.90. The molecular weight excluding hydrogens is 550 g/mol. The third kappa shape index (κ3) is 5.07. The number of nitro benzene ring substituents is 1. The van der Waals surface area contributed by atoms with E-state index in [1.807, 2.05) is 60.9 Å². The molecule has 42 heavy (non-hydrogen) atoms. The molecule has 1 saturated heterocycles. The highest BCUT2D eigenvalue weighted by molar-refractivity contribution is 7.80. The second-order valence-corrected chi connectivity index (χ2v) is 11.2. The zero-order valence-corrected chi connectivity index (χ0v) is 24.6. The number of hydrogen-bond donors (Lipinski definition) is 1. The van der Waals surface area contributed by atoms with Crippen LogP contribution in [0.1, 0.15) is 60.4 Å². The van der Waals surface area contributed by atoms with Gasteiger partial charge < -0.3 is 24.3 Å². The third-order valence-electron chi connectivity index (χ3n) is 8.23. The van der Waals surface area contributed by atoms with E-state index in [0.29, 0.717) is 16.5 Å². The molecule has 2 aromatic carbocycles. The van der Waals surface area contributed by atoms with Crippen molar-refractivity contribution in [2.45, 2.75) is 57.7 Å². The number of aryl methyl sites for hydroxylation is 1. The lowest BCUT2D eigenvalue weighted by Gasteiger charge is -2.28. The largest absolute Gasteiger partial charge is 0.496 e. The van der Waals surface area contributed by atoms with Gasteiger partial charge in [-0.15, -0.1) is 0 Å². The maximum Gasteiger partial charge on any atom is 0.296 e. The van der Waals surface area contributed by atoms with Crippen LogP contribution >= 0.6 is 12.2 Å². The van der Waals surface area contributed by atoms with Gasteiger partial charge in [0.05, 0.1) is 42.0 Å². The molecule has 2 atom stereocenters. The Morgan fingerprint density at radius 1 is 1.02 bits per heavy atom. The molecule has 216 valence electrons. The van der Waals surface area contributed by atoms with Gasteiger partial charge in [0.1, 0.15) is 17.2 Å². The second-order valence-electron chi connectivity index (χ2n) is 10.8. The number of methoxy groups -OCH3 is 1. The first kappa shape index (κ1) is 27.7. The molecule has 0 amide bonds. The molecule has 10 heteroatoms. The highest BCUT2D eigenvalue weighted by Gasteiger charge is 2.42. The lowest BCUT2D eigenvalue weighted by atomic mass is 9.96. The summed E-state index contributed by atoms with van der Waals surface area (Å²) in [5.74, 6) is 1.28. The van der Waals surface area contributed by atoms with Crippen molar-refractivity contribution in [2.24, 2.45) is 0 Å². The number of anilines is 1. The summed E-state index contributed by atoms with van der Waals surface area (Å²) in [7, 11) is 1.50. The van der Waals surface area contributed by atoms with Crippen LogP contribution in [-0.2, 0) is 0 Å². The van der Waals surface area contributed by atoms with Crippen LogP contribution in [0.25, 0.3) is 5.69 Å². The molecule has 3 heterocycles. The summed E-state index contributed by atoms with van der Waals surface area (Å²) < 4.78 is 13.4. The van der Waals surface area contributed by atoms with E-state index < -0.39 is 0 Å². The van der Waals surface area contributed by atoms with Gasteiger partial charge in [-0.1, -0.05) is 6.07 Å². The average molecular weight is 584 g/mol. The first-order valence-corrected chi connectivity index (χ1v) is 14.6. The molecule has 6 rings (SSSR count). The fraction of sp³-hybridized carbons (Fsp3) is 0.312. The minimum Gasteiger partial charge on any atom is -0.496 e. The Kier molecular flexibility index (Phi) is 7.55. The molecule has 0 radical (unpaired) electrons. The van der Waals surface area contributed by atoms with Crippen molar-refractivity contribution in [1.29, 1.82) is 0 Å². The number of thiocarbonyl (C=S) groups is 1. The van der Waals surface area contributed by atoms with Crippen molar-refractivity contribution in [2.75, 3.05) is 12.0 Å². The molecule has 2 fully saturated rings. The highest BCUT2D eigenvalue weighted by Crippen LogP contribution is 2.44. The van der Waals surface area contributed by atoms with E-state index in [-0.39, 0.29) is 28.8 Å². The first-order valence-electron chi connectivity index (χ1n) is 14.1. The molecule has 0 unspecified atom stereocenters. The van der Waals surface area contributed by atoms with Crippen molar-refractivity contribution in [3.63, 3.8) is 0 Å². The standard InChI is InChI=1S/C32H33N5O4S/c1-20-18-26(21(2)35(20)28-16-15-25(40-3)19-29(28)37(38)39)31-30(27-10-6-7-17-33-27)34-32(42)36(31)22-11-13-24(14-12-22)41-23-8-4-5-9-23/h6-7,10-19,23,30-31H,4-5,8-9H2,1-3H3,(H,34,42)/t30-,31-/m0/s1. The van der Waals surface area contributed by atoms with Crippen LogP contribution in [0.5, 0.6) is 11.5 Å². The first-order chi connectivity index (χ1) is 20.4. The van der Waals surface area contributed by atoms with Crippen molar-refractivity contribution in [3.05, 3.63) is 106 Å². The van der Waals surface area contributed by atoms with E-state index in [1.165, 1.54) is 26.0 Å². The normalized spacial score (nSPS) is 18.7. The van der Waals surface area contributed by atoms with Crippen LogP contribution in [0.2, 0.25) is 0 Å². The van der Waals surface area contributed by atoms with Crippen LogP contribution in [0.3, 0.4) is 0 Å². The van der Waals surface area contributed by atoms with Crippen molar-refractivity contribution >= 4 is 28.7 Å². The van der Waals surface area contributed by atoms with Gasteiger partial charge in [0, 0.05) is 23.3 Å². The predicted molar refractivity (Wildman–Crippen MR) is 166 cm³/mol. The lowest BCUT2D eigenvalue weighted by Crippen LogP contribution is -2.29. The second kappa shape index (κ2) is 11.4. The number of hydrogen-bond acceptors (Lipinski definition) is 6. The van der Waals surface area contributed by atoms with Gasteiger partial charge in [-0.25, -0.2) is 0 Å². The van der Waals surface area contributed by atoms with E-state index in [0.717, 1.165) is 46.9 Å². The van der Waals surface area contributed by atoms with Crippen molar-refractivity contribution < 1.29 is 14.4 Å². The molecule has 0 spiro atoms. The quantitative estimate of drug-likeness (QED) is 0.136. The third-order valence-corrected chi connectivity index (χ3v) is 8.54. The van der Waals surface area contributed by atoms with Crippen LogP contribution in [0, 0.1) is 24.0 Å². The summed E-state index contributed by atoms with van der Waals surface area (Å²) in [5, 5.41) is 16.2.